The van der Waals surface area contributed by atoms with Crippen molar-refractivity contribution in [3.8, 4) is 0 Å². The van der Waals surface area contributed by atoms with Gasteiger partial charge in [-0.15, -0.1) is 0 Å². The van der Waals surface area contributed by atoms with E-state index in [0.717, 1.165) is 25.0 Å². The quantitative estimate of drug-likeness (QED) is 0.823. The molecule has 106 valence electrons. The first-order chi connectivity index (χ1) is 8.88. The maximum Gasteiger partial charge on any atom is 0.241 e. The minimum atomic E-state index is -3.66. The molecule has 2 N–H and O–H groups in total. The van der Waals surface area contributed by atoms with E-state index in [2.05, 4.69) is 20.7 Å². The van der Waals surface area contributed by atoms with Crippen molar-refractivity contribution < 1.29 is 17.9 Å². The number of sulfonamides is 1. The highest BCUT2D eigenvalue weighted by molar-refractivity contribution is 9.10. The predicted octanol–water partition coefficient (Wildman–Crippen LogP) is 2.03. The van der Waals surface area contributed by atoms with Crippen LogP contribution in [0, 0.1) is 11.2 Å². The smallest absolute Gasteiger partial charge is 0.241 e. The highest BCUT2D eigenvalue weighted by Gasteiger charge is 2.42. The molecule has 1 aromatic rings. The van der Waals surface area contributed by atoms with Gasteiger partial charge in [-0.1, -0.05) is 0 Å². The van der Waals surface area contributed by atoms with Gasteiger partial charge >= 0.3 is 0 Å². The molecule has 0 saturated heterocycles. The van der Waals surface area contributed by atoms with Crippen LogP contribution in [-0.4, -0.2) is 26.7 Å². The van der Waals surface area contributed by atoms with E-state index in [-0.39, 0.29) is 21.4 Å². The largest absolute Gasteiger partial charge is 0.396 e. The third-order valence-corrected chi connectivity index (χ3v) is 5.80. The third kappa shape index (κ3) is 3.53. The van der Waals surface area contributed by atoms with Crippen molar-refractivity contribution >= 4 is 26.0 Å². The summed E-state index contributed by atoms with van der Waals surface area (Å²) in [6.07, 6.45) is 2.43. The highest BCUT2D eigenvalue weighted by Crippen LogP contribution is 2.48. The lowest BCUT2D eigenvalue weighted by Gasteiger charge is -2.15. The van der Waals surface area contributed by atoms with Gasteiger partial charge in [0.1, 0.15) is 5.82 Å². The van der Waals surface area contributed by atoms with Crippen LogP contribution in [0.5, 0.6) is 0 Å². The van der Waals surface area contributed by atoms with E-state index in [0.29, 0.717) is 13.0 Å². The molecule has 0 amide bonds. The zero-order chi connectivity index (χ0) is 14.1. The molecule has 4 nitrogen and oxygen atoms in total. The lowest BCUT2D eigenvalue weighted by Crippen LogP contribution is -2.31. The van der Waals surface area contributed by atoms with Crippen LogP contribution in [0.15, 0.2) is 27.6 Å². The molecule has 19 heavy (non-hydrogen) atoms. The zero-order valence-corrected chi connectivity index (χ0v) is 12.6. The van der Waals surface area contributed by atoms with E-state index in [1.807, 2.05) is 0 Å². The van der Waals surface area contributed by atoms with E-state index in [4.69, 9.17) is 5.11 Å². The molecule has 0 radical (unpaired) electrons. The summed E-state index contributed by atoms with van der Waals surface area (Å²) in [5, 5.41) is 8.94. The third-order valence-electron chi connectivity index (χ3n) is 3.42. The van der Waals surface area contributed by atoms with E-state index in [1.165, 1.54) is 6.07 Å². The molecule has 0 atom stereocenters. The molecule has 1 saturated carbocycles. The Bertz CT molecular complexity index is 572. The second-order valence-corrected chi connectivity index (χ2v) is 7.46. The van der Waals surface area contributed by atoms with E-state index in [1.54, 1.807) is 0 Å². The molecule has 0 aromatic heterocycles. The van der Waals surface area contributed by atoms with Gasteiger partial charge in [0, 0.05) is 17.6 Å². The summed E-state index contributed by atoms with van der Waals surface area (Å²) < 4.78 is 39.9. The molecular formula is C12H15BrFNO3S. The van der Waals surface area contributed by atoms with Crippen molar-refractivity contribution in [2.75, 3.05) is 13.2 Å². The first kappa shape index (κ1) is 14.9. The minimum Gasteiger partial charge on any atom is -0.396 e. The summed E-state index contributed by atoms with van der Waals surface area (Å²) in [6, 6.07) is 3.46. The van der Waals surface area contributed by atoms with Crippen molar-refractivity contribution in [3.63, 3.8) is 0 Å². The number of hydrogen-bond donors (Lipinski definition) is 2. The fourth-order valence-electron chi connectivity index (χ4n) is 1.95. The summed E-state index contributed by atoms with van der Waals surface area (Å²) in [5.41, 5.74) is -0.103. The van der Waals surface area contributed by atoms with Crippen LogP contribution in [0.25, 0.3) is 0 Å². The molecule has 0 aliphatic heterocycles. The Morgan fingerprint density at radius 2 is 2.11 bits per heavy atom. The lowest BCUT2D eigenvalue weighted by atomic mass is 10.0. The molecule has 0 unspecified atom stereocenters. The first-order valence-corrected chi connectivity index (χ1v) is 8.22. The number of rotatable bonds is 6. The van der Waals surface area contributed by atoms with Crippen molar-refractivity contribution in [2.45, 2.75) is 24.2 Å². The van der Waals surface area contributed by atoms with Gasteiger partial charge in [0.2, 0.25) is 10.0 Å². The monoisotopic (exact) mass is 351 g/mol. The lowest BCUT2D eigenvalue weighted by molar-refractivity contribution is 0.249. The fourth-order valence-corrected chi connectivity index (χ4v) is 4.15. The summed E-state index contributed by atoms with van der Waals surface area (Å²) in [4.78, 5) is 0.0219. The Morgan fingerprint density at radius 3 is 2.63 bits per heavy atom. The van der Waals surface area contributed by atoms with E-state index < -0.39 is 15.8 Å². The molecule has 0 heterocycles. The Morgan fingerprint density at radius 1 is 1.42 bits per heavy atom. The number of aliphatic hydroxyl groups is 1. The van der Waals surface area contributed by atoms with Gasteiger partial charge in [0.25, 0.3) is 0 Å². The summed E-state index contributed by atoms with van der Waals surface area (Å²) >= 11 is 3.05. The Labute approximate surface area is 120 Å². The number of nitrogens with one attached hydrogen (secondary N) is 1. The Kier molecular flexibility index (Phi) is 4.29. The first-order valence-electron chi connectivity index (χ1n) is 5.94. The van der Waals surface area contributed by atoms with Crippen molar-refractivity contribution in [1.29, 1.82) is 0 Å². The number of hydrogen-bond acceptors (Lipinski definition) is 3. The van der Waals surface area contributed by atoms with Crippen molar-refractivity contribution in [3.05, 3.63) is 28.5 Å². The summed E-state index contributed by atoms with van der Waals surface area (Å²) in [6.45, 7) is 0.363. The minimum absolute atomic E-state index is 0.0219. The zero-order valence-electron chi connectivity index (χ0n) is 10.2. The van der Waals surface area contributed by atoms with Crippen LogP contribution in [0.2, 0.25) is 0 Å². The van der Waals surface area contributed by atoms with Gasteiger partial charge < -0.3 is 5.11 Å². The maximum atomic E-state index is 12.9. The maximum absolute atomic E-state index is 12.9. The van der Waals surface area contributed by atoms with Crippen LogP contribution < -0.4 is 4.72 Å². The number of halogens is 2. The standard InChI is InChI=1S/C12H15BrFNO3S/c13-10-7-9(14)1-2-11(10)19(17,18)15-8-12(3-4-12)5-6-16/h1-2,7,15-16H,3-6,8H2. The molecule has 0 bridgehead atoms. The average molecular weight is 352 g/mol. The number of aliphatic hydroxyl groups excluding tert-OH is 1. The second-order valence-electron chi connectivity index (χ2n) is 4.87. The van der Waals surface area contributed by atoms with E-state index >= 15 is 0 Å². The molecule has 0 spiro atoms. The van der Waals surface area contributed by atoms with Crippen LogP contribution in [0.4, 0.5) is 4.39 Å². The topological polar surface area (TPSA) is 66.4 Å². The van der Waals surface area contributed by atoms with Gasteiger partial charge in [0.05, 0.1) is 4.90 Å². The molecule has 1 aliphatic carbocycles. The fraction of sp³-hybridized carbons (Fsp3) is 0.500. The van der Waals surface area contributed by atoms with E-state index in [9.17, 15) is 12.8 Å². The number of benzene rings is 1. The summed E-state index contributed by atoms with van der Waals surface area (Å²) in [5.74, 6) is -0.496. The Hall–Kier alpha value is -0.500. The Balaban J connectivity index is 2.10. The van der Waals surface area contributed by atoms with Gasteiger partial charge in [-0.05, 0) is 58.8 Å². The molecule has 1 fully saturated rings. The van der Waals surface area contributed by atoms with Crippen LogP contribution in [0.3, 0.4) is 0 Å². The second kappa shape index (κ2) is 5.47. The molecule has 2 rings (SSSR count). The summed E-state index contributed by atoms with van der Waals surface area (Å²) in [7, 11) is -3.66. The van der Waals surface area contributed by atoms with Crippen LogP contribution in [-0.2, 0) is 10.0 Å². The van der Waals surface area contributed by atoms with Gasteiger partial charge in [-0.2, -0.15) is 0 Å². The van der Waals surface area contributed by atoms with Crippen LogP contribution in [0.1, 0.15) is 19.3 Å². The van der Waals surface area contributed by atoms with Gasteiger partial charge in [-0.3, -0.25) is 0 Å². The normalized spacial score (nSPS) is 17.4. The van der Waals surface area contributed by atoms with Crippen LogP contribution >= 0.6 is 15.9 Å². The molecule has 7 heteroatoms. The molecular weight excluding hydrogens is 337 g/mol. The van der Waals surface area contributed by atoms with Gasteiger partial charge in [-0.25, -0.2) is 17.5 Å². The SMILES string of the molecule is O=S(=O)(NCC1(CCO)CC1)c1ccc(F)cc1Br. The van der Waals surface area contributed by atoms with Crippen molar-refractivity contribution in [1.82, 2.24) is 4.72 Å². The highest BCUT2D eigenvalue weighted by atomic mass is 79.9. The average Bonchev–Trinajstić information content (AvgIpc) is 3.07. The molecule has 1 aliphatic rings. The molecule has 1 aromatic carbocycles. The van der Waals surface area contributed by atoms with Gasteiger partial charge in [0.15, 0.2) is 0 Å². The van der Waals surface area contributed by atoms with Crippen molar-refractivity contribution in [2.24, 2.45) is 5.41 Å². The predicted molar refractivity (Wildman–Crippen MR) is 72.7 cm³/mol.